The van der Waals surface area contributed by atoms with Crippen molar-refractivity contribution >= 4 is 27.3 Å². The van der Waals surface area contributed by atoms with Gasteiger partial charge in [0, 0.05) is 12.2 Å². The van der Waals surface area contributed by atoms with Crippen molar-refractivity contribution in [2.24, 2.45) is 0 Å². The van der Waals surface area contributed by atoms with Gasteiger partial charge in [0.2, 0.25) is 10.0 Å². The molecule has 0 atom stereocenters. The van der Waals surface area contributed by atoms with Gasteiger partial charge in [-0.25, -0.2) is 8.42 Å². The third-order valence-electron chi connectivity index (χ3n) is 3.96. The van der Waals surface area contributed by atoms with Crippen molar-refractivity contribution in [1.29, 1.82) is 0 Å². The Bertz CT molecular complexity index is 828. The molecule has 0 saturated carbocycles. The van der Waals surface area contributed by atoms with Crippen molar-refractivity contribution in [3.8, 4) is 0 Å². The molecule has 0 spiro atoms. The van der Waals surface area contributed by atoms with Crippen molar-refractivity contribution in [3.63, 3.8) is 0 Å². The highest BCUT2D eigenvalue weighted by Gasteiger charge is 2.27. The van der Waals surface area contributed by atoms with Gasteiger partial charge in [0.05, 0.1) is 17.7 Å². The summed E-state index contributed by atoms with van der Waals surface area (Å²) in [7, 11) is -3.33. The molecule has 6 nitrogen and oxygen atoms in total. The number of nitrogens with zero attached hydrogens (tertiary/aromatic N) is 1. The predicted octanol–water partition coefficient (Wildman–Crippen LogP) is 3.02. The largest absolute Gasteiger partial charge is 0.459 e. The summed E-state index contributed by atoms with van der Waals surface area (Å²) in [4.78, 5) is 12.1. The van der Waals surface area contributed by atoms with Crippen LogP contribution in [0.3, 0.4) is 0 Å². The van der Waals surface area contributed by atoms with E-state index in [1.54, 1.807) is 24.3 Å². The van der Waals surface area contributed by atoms with Crippen LogP contribution in [0.2, 0.25) is 0 Å². The third kappa shape index (κ3) is 3.31. The van der Waals surface area contributed by atoms with Gasteiger partial charge < -0.3 is 9.73 Å². The molecule has 1 aromatic carbocycles. The molecular formula is C17H20N2O4S. The molecule has 1 amide bonds. The highest BCUT2D eigenvalue weighted by molar-refractivity contribution is 7.92. The minimum Gasteiger partial charge on any atom is -0.459 e. The van der Waals surface area contributed by atoms with Crippen molar-refractivity contribution in [1.82, 2.24) is 0 Å². The molecule has 0 radical (unpaired) electrons. The van der Waals surface area contributed by atoms with Crippen molar-refractivity contribution in [2.75, 3.05) is 21.9 Å². The Balaban J connectivity index is 1.89. The zero-order valence-corrected chi connectivity index (χ0v) is 14.3. The summed E-state index contributed by atoms with van der Waals surface area (Å²) in [5.74, 6) is -0.0306. The molecule has 24 heavy (non-hydrogen) atoms. The second kappa shape index (κ2) is 6.68. The maximum atomic E-state index is 12.5. The van der Waals surface area contributed by atoms with Gasteiger partial charge in [-0.1, -0.05) is 13.0 Å². The first-order valence-corrected chi connectivity index (χ1v) is 9.60. The van der Waals surface area contributed by atoms with Gasteiger partial charge in [0.1, 0.15) is 0 Å². The number of amides is 1. The van der Waals surface area contributed by atoms with E-state index in [-0.39, 0.29) is 17.4 Å². The molecule has 2 aromatic rings. The Labute approximate surface area is 141 Å². The summed E-state index contributed by atoms with van der Waals surface area (Å²) in [6, 6.07) is 8.60. The Kier molecular flexibility index (Phi) is 4.62. The molecule has 7 heteroatoms. The fourth-order valence-corrected chi connectivity index (χ4v) is 4.49. The zero-order chi connectivity index (χ0) is 17.2. The number of nitrogens with one attached hydrogen (secondary N) is 1. The van der Waals surface area contributed by atoms with Crippen LogP contribution >= 0.6 is 0 Å². The van der Waals surface area contributed by atoms with Crippen LogP contribution < -0.4 is 9.62 Å². The van der Waals surface area contributed by atoms with Crippen molar-refractivity contribution < 1.29 is 17.6 Å². The lowest BCUT2D eigenvalue weighted by Crippen LogP contribution is -2.37. The van der Waals surface area contributed by atoms with E-state index in [0.717, 1.165) is 18.4 Å². The van der Waals surface area contributed by atoms with Crippen LogP contribution in [0.15, 0.2) is 41.0 Å². The quantitative estimate of drug-likeness (QED) is 0.901. The average Bonchev–Trinajstić information content (AvgIpc) is 3.08. The maximum absolute atomic E-state index is 12.5. The fourth-order valence-electron chi connectivity index (χ4n) is 2.88. The number of benzene rings is 1. The van der Waals surface area contributed by atoms with Crippen LogP contribution in [0.5, 0.6) is 0 Å². The summed E-state index contributed by atoms with van der Waals surface area (Å²) in [6.07, 6.45) is 3.64. The van der Waals surface area contributed by atoms with Crippen LogP contribution in [0.4, 0.5) is 11.4 Å². The van der Waals surface area contributed by atoms with E-state index in [1.807, 2.05) is 13.0 Å². The van der Waals surface area contributed by atoms with Gasteiger partial charge in [-0.2, -0.15) is 0 Å². The average molecular weight is 348 g/mol. The molecule has 1 aliphatic rings. The minimum absolute atomic E-state index is 0.120. The lowest BCUT2D eigenvalue weighted by Gasteiger charge is -2.30. The number of fused-ring (bicyclic) bond motifs is 1. The Morgan fingerprint density at radius 1 is 1.33 bits per heavy atom. The van der Waals surface area contributed by atoms with Crippen LogP contribution in [-0.4, -0.2) is 26.6 Å². The summed E-state index contributed by atoms with van der Waals surface area (Å²) in [6.45, 7) is 2.33. The third-order valence-corrected chi connectivity index (χ3v) is 5.94. The minimum atomic E-state index is -3.33. The lowest BCUT2D eigenvalue weighted by molar-refractivity contribution is 0.0996. The van der Waals surface area contributed by atoms with Crippen LogP contribution in [0.1, 0.15) is 35.9 Å². The van der Waals surface area contributed by atoms with Crippen LogP contribution in [-0.2, 0) is 16.4 Å². The fraction of sp³-hybridized carbons (Fsp3) is 0.353. The number of aryl methyl sites for hydroxylation is 1. The number of furan rings is 1. The molecule has 1 aromatic heterocycles. The van der Waals surface area contributed by atoms with Gasteiger partial charge in [-0.05, 0) is 49.1 Å². The van der Waals surface area contributed by atoms with Crippen LogP contribution in [0, 0.1) is 0 Å². The van der Waals surface area contributed by atoms with E-state index in [0.29, 0.717) is 24.3 Å². The molecule has 0 bridgehead atoms. The second-order valence-corrected chi connectivity index (χ2v) is 7.78. The smallest absolute Gasteiger partial charge is 0.291 e. The van der Waals surface area contributed by atoms with E-state index < -0.39 is 10.0 Å². The number of carbonyl (C=O) groups is 1. The summed E-state index contributed by atoms with van der Waals surface area (Å²) < 4.78 is 31.5. The molecule has 0 aliphatic carbocycles. The molecule has 3 rings (SSSR count). The molecule has 1 N–H and O–H groups in total. The first kappa shape index (κ1) is 16.6. The van der Waals surface area contributed by atoms with E-state index >= 15 is 0 Å². The monoisotopic (exact) mass is 348 g/mol. The zero-order valence-electron chi connectivity index (χ0n) is 13.5. The van der Waals surface area contributed by atoms with Crippen LogP contribution in [0.25, 0.3) is 0 Å². The number of sulfonamides is 1. The highest BCUT2D eigenvalue weighted by atomic mass is 32.2. The molecule has 128 valence electrons. The van der Waals surface area contributed by atoms with Gasteiger partial charge in [0.25, 0.3) is 5.91 Å². The van der Waals surface area contributed by atoms with E-state index in [1.165, 1.54) is 10.6 Å². The highest BCUT2D eigenvalue weighted by Crippen LogP contribution is 2.32. The molecule has 1 aliphatic heterocycles. The molecule has 2 heterocycles. The number of hydrogen-bond acceptors (Lipinski definition) is 4. The molecule has 0 fully saturated rings. The topological polar surface area (TPSA) is 79.6 Å². The SMILES string of the molecule is CCCS(=O)(=O)N1CCCc2ccc(NC(=O)c3ccco3)cc21. The Hall–Kier alpha value is -2.28. The number of anilines is 2. The van der Waals surface area contributed by atoms with E-state index in [9.17, 15) is 13.2 Å². The number of hydrogen-bond donors (Lipinski definition) is 1. The van der Waals surface area contributed by atoms with Crippen molar-refractivity contribution in [2.45, 2.75) is 26.2 Å². The van der Waals surface area contributed by atoms with Gasteiger partial charge >= 0.3 is 0 Å². The Morgan fingerprint density at radius 2 is 2.17 bits per heavy atom. The summed E-state index contributed by atoms with van der Waals surface area (Å²) in [5, 5.41) is 2.74. The molecule has 0 unspecified atom stereocenters. The van der Waals surface area contributed by atoms with E-state index in [4.69, 9.17) is 4.42 Å². The second-order valence-electron chi connectivity index (χ2n) is 5.77. The first-order chi connectivity index (χ1) is 11.5. The summed E-state index contributed by atoms with van der Waals surface area (Å²) in [5.41, 5.74) is 2.19. The normalized spacial score (nSPS) is 14.3. The predicted molar refractivity (Wildman–Crippen MR) is 92.8 cm³/mol. The lowest BCUT2D eigenvalue weighted by atomic mass is 10.0. The number of carbonyl (C=O) groups excluding carboxylic acids is 1. The van der Waals surface area contributed by atoms with Gasteiger partial charge in [-0.15, -0.1) is 0 Å². The van der Waals surface area contributed by atoms with E-state index in [2.05, 4.69) is 5.32 Å². The summed E-state index contributed by atoms with van der Waals surface area (Å²) >= 11 is 0. The van der Waals surface area contributed by atoms with Crippen molar-refractivity contribution in [3.05, 3.63) is 47.9 Å². The first-order valence-electron chi connectivity index (χ1n) is 7.99. The standard InChI is InChI=1S/C17H20N2O4S/c1-2-11-24(21,22)19-9-3-5-13-7-8-14(12-15(13)19)18-17(20)16-6-4-10-23-16/h4,6-8,10,12H,2-3,5,9,11H2,1H3,(H,18,20). The molecular weight excluding hydrogens is 328 g/mol. The maximum Gasteiger partial charge on any atom is 0.291 e. The van der Waals surface area contributed by atoms with Gasteiger partial charge in [0.15, 0.2) is 5.76 Å². The molecule has 0 saturated heterocycles. The number of rotatable bonds is 5. The Morgan fingerprint density at radius 3 is 2.88 bits per heavy atom. The van der Waals surface area contributed by atoms with Gasteiger partial charge in [-0.3, -0.25) is 9.10 Å².